The van der Waals surface area contributed by atoms with Gasteiger partial charge in [0.05, 0.1) is 5.60 Å². The van der Waals surface area contributed by atoms with Gasteiger partial charge >= 0.3 is 0 Å². The fourth-order valence-corrected chi connectivity index (χ4v) is 7.52. The maximum Gasteiger partial charge on any atom is 0.0615 e. The van der Waals surface area contributed by atoms with E-state index in [2.05, 4.69) is 39.3 Å². The van der Waals surface area contributed by atoms with Gasteiger partial charge in [-0.15, -0.1) is 0 Å². The van der Waals surface area contributed by atoms with Crippen LogP contribution in [0.15, 0.2) is 0 Å². The lowest BCUT2D eigenvalue weighted by Crippen LogP contribution is -2.46. The summed E-state index contributed by atoms with van der Waals surface area (Å²) < 4.78 is 0. The molecule has 0 saturated carbocycles. The van der Waals surface area contributed by atoms with Crippen LogP contribution < -0.4 is 5.73 Å². The molecule has 0 amide bonds. The lowest BCUT2D eigenvalue weighted by atomic mass is 10.0. The van der Waals surface area contributed by atoms with Crippen LogP contribution in [0.1, 0.15) is 13.3 Å². The van der Waals surface area contributed by atoms with Crippen LogP contribution in [0.2, 0.25) is 51.4 Å². The molecule has 3 N–H and O–H groups in total. The van der Waals surface area contributed by atoms with Gasteiger partial charge < -0.3 is 10.8 Å². The molecular weight excluding hydrogens is 230 g/mol. The first kappa shape index (κ1) is 16.4. The van der Waals surface area contributed by atoms with Gasteiger partial charge in [0.1, 0.15) is 0 Å². The quantitative estimate of drug-likeness (QED) is 0.722. The Morgan fingerprint density at radius 3 is 1.50 bits per heavy atom. The van der Waals surface area contributed by atoms with Crippen molar-refractivity contribution in [3.63, 3.8) is 0 Å². The first-order valence-corrected chi connectivity index (χ1v) is 13.7. The highest BCUT2D eigenvalue weighted by Crippen LogP contribution is 2.33. The topological polar surface area (TPSA) is 46.2 Å². The van der Waals surface area contributed by atoms with E-state index >= 15 is 0 Å². The molecule has 0 aliphatic rings. The molecule has 0 saturated heterocycles. The van der Waals surface area contributed by atoms with Gasteiger partial charge in [-0.25, -0.2) is 0 Å². The molecule has 0 heterocycles. The zero-order valence-electron chi connectivity index (χ0n) is 12.2. The first-order chi connectivity index (χ1) is 6.83. The van der Waals surface area contributed by atoms with Crippen molar-refractivity contribution in [3.8, 4) is 0 Å². The van der Waals surface area contributed by atoms with Crippen molar-refractivity contribution in [2.24, 2.45) is 5.73 Å². The van der Waals surface area contributed by atoms with E-state index in [4.69, 9.17) is 5.73 Å². The summed E-state index contributed by atoms with van der Waals surface area (Å²) in [6.07, 6.45) is 0.752. The van der Waals surface area contributed by atoms with E-state index in [1.165, 1.54) is 0 Å². The van der Waals surface area contributed by atoms with E-state index in [9.17, 15) is 5.11 Å². The Hall–Kier alpha value is 0.354. The average Bonchev–Trinajstić information content (AvgIpc) is 1.69. The highest BCUT2D eigenvalue weighted by atomic mass is 28.3. The van der Waals surface area contributed by atoms with Crippen LogP contribution in [0.3, 0.4) is 0 Å². The third-order valence-corrected chi connectivity index (χ3v) is 5.86. The first-order valence-electron chi connectivity index (χ1n) is 6.31. The van der Waals surface area contributed by atoms with Crippen LogP contribution >= 0.6 is 0 Å². The Bertz CT molecular complexity index is 200. The second-order valence-electron chi connectivity index (χ2n) is 7.88. The summed E-state index contributed by atoms with van der Waals surface area (Å²) in [6, 6.07) is 2.05. The summed E-state index contributed by atoms with van der Waals surface area (Å²) in [6.45, 7) is 15.9. The standard InChI is InChI=1S/C12H31NOSi2/c1-11(13)8-12(14,9-15(2,3)4)10-16(5,6)7/h11,14H,8-10,13H2,1-7H3/t11-/m1/s1. The second kappa shape index (κ2) is 5.33. The molecule has 2 nitrogen and oxygen atoms in total. The van der Waals surface area contributed by atoms with Crippen LogP contribution in [0.5, 0.6) is 0 Å². The van der Waals surface area contributed by atoms with E-state index in [0.717, 1.165) is 18.5 Å². The number of aliphatic hydroxyl groups is 1. The molecule has 0 unspecified atom stereocenters. The lowest BCUT2D eigenvalue weighted by Gasteiger charge is -2.38. The van der Waals surface area contributed by atoms with Crippen molar-refractivity contribution in [2.45, 2.75) is 76.4 Å². The predicted octanol–water partition coefficient (Wildman–Crippen LogP) is 3.13. The minimum atomic E-state index is -1.24. The molecule has 98 valence electrons. The number of hydrogen-bond acceptors (Lipinski definition) is 2. The smallest absolute Gasteiger partial charge is 0.0615 e. The fraction of sp³-hybridized carbons (Fsp3) is 1.00. The Balaban J connectivity index is 4.75. The van der Waals surface area contributed by atoms with E-state index in [-0.39, 0.29) is 6.04 Å². The molecule has 1 atom stereocenters. The molecular formula is C12H31NOSi2. The number of hydrogen-bond donors (Lipinski definition) is 2. The molecule has 0 bridgehead atoms. The van der Waals surface area contributed by atoms with Crippen LogP contribution in [0.4, 0.5) is 0 Å². The van der Waals surface area contributed by atoms with Gasteiger partial charge in [0, 0.05) is 22.2 Å². The summed E-state index contributed by atoms with van der Waals surface area (Å²) in [4.78, 5) is 0. The van der Waals surface area contributed by atoms with Crippen molar-refractivity contribution in [1.29, 1.82) is 0 Å². The third kappa shape index (κ3) is 8.50. The fourth-order valence-electron chi connectivity index (χ4n) is 2.78. The monoisotopic (exact) mass is 261 g/mol. The SMILES string of the molecule is C[C@@H](N)CC(O)(C[Si](C)(C)C)C[Si](C)(C)C. The molecule has 0 radical (unpaired) electrons. The largest absolute Gasteiger partial charge is 0.390 e. The minimum absolute atomic E-state index is 0.0951. The van der Waals surface area contributed by atoms with Gasteiger partial charge in [0.2, 0.25) is 0 Å². The van der Waals surface area contributed by atoms with Gasteiger partial charge in [-0.3, -0.25) is 0 Å². The summed E-state index contributed by atoms with van der Waals surface area (Å²) in [5, 5.41) is 10.8. The maximum atomic E-state index is 10.8. The summed E-state index contributed by atoms with van der Waals surface area (Å²) in [5.41, 5.74) is 5.38. The van der Waals surface area contributed by atoms with E-state index in [1.54, 1.807) is 0 Å². The van der Waals surface area contributed by atoms with Crippen LogP contribution in [-0.4, -0.2) is 32.9 Å². The Morgan fingerprint density at radius 1 is 1.00 bits per heavy atom. The molecule has 0 fully saturated rings. The molecule has 0 aromatic heterocycles. The van der Waals surface area contributed by atoms with Crippen LogP contribution in [0, 0.1) is 0 Å². The van der Waals surface area contributed by atoms with Crippen LogP contribution in [-0.2, 0) is 0 Å². The van der Waals surface area contributed by atoms with E-state index in [1.807, 2.05) is 6.92 Å². The minimum Gasteiger partial charge on any atom is -0.390 e. The van der Waals surface area contributed by atoms with Gasteiger partial charge in [-0.2, -0.15) is 0 Å². The maximum absolute atomic E-state index is 10.8. The van der Waals surface area contributed by atoms with Crippen molar-refractivity contribution in [3.05, 3.63) is 0 Å². The van der Waals surface area contributed by atoms with Crippen molar-refractivity contribution in [2.75, 3.05) is 0 Å². The van der Waals surface area contributed by atoms with Crippen LogP contribution in [0.25, 0.3) is 0 Å². The van der Waals surface area contributed by atoms with Gasteiger partial charge in [-0.1, -0.05) is 39.3 Å². The third-order valence-electron chi connectivity index (χ3n) is 2.42. The summed E-state index contributed by atoms with van der Waals surface area (Å²) >= 11 is 0. The van der Waals surface area contributed by atoms with Crippen molar-refractivity contribution in [1.82, 2.24) is 0 Å². The normalized spacial score (nSPS) is 16.3. The molecule has 4 heteroatoms. The van der Waals surface area contributed by atoms with Gasteiger partial charge in [0.25, 0.3) is 0 Å². The number of nitrogens with two attached hydrogens (primary N) is 1. The number of rotatable bonds is 6. The summed E-state index contributed by atoms with van der Waals surface area (Å²) in [7, 11) is -2.49. The predicted molar refractivity (Wildman–Crippen MR) is 79.5 cm³/mol. The molecule has 0 aromatic rings. The highest BCUT2D eigenvalue weighted by molar-refractivity contribution is 6.78. The highest BCUT2D eigenvalue weighted by Gasteiger charge is 2.37. The van der Waals surface area contributed by atoms with Gasteiger partial charge in [-0.05, 0) is 25.4 Å². The van der Waals surface area contributed by atoms with E-state index < -0.39 is 21.7 Å². The lowest BCUT2D eigenvalue weighted by molar-refractivity contribution is 0.0626. The zero-order valence-corrected chi connectivity index (χ0v) is 14.2. The Morgan fingerprint density at radius 2 is 1.31 bits per heavy atom. The zero-order chi connectivity index (χ0) is 13.2. The van der Waals surface area contributed by atoms with Crippen molar-refractivity contribution < 1.29 is 5.11 Å². The average molecular weight is 262 g/mol. The Labute approximate surface area is 104 Å². The molecule has 0 spiro atoms. The second-order valence-corrected chi connectivity index (χ2v) is 18.8. The van der Waals surface area contributed by atoms with Gasteiger partial charge in [0.15, 0.2) is 0 Å². The molecule has 16 heavy (non-hydrogen) atoms. The van der Waals surface area contributed by atoms with Crippen molar-refractivity contribution >= 4 is 16.1 Å². The van der Waals surface area contributed by atoms with E-state index in [0.29, 0.717) is 0 Å². The molecule has 0 aliphatic heterocycles. The Kier molecular flexibility index (Phi) is 5.45. The molecule has 0 aromatic carbocycles. The molecule has 0 aliphatic carbocycles. The molecule has 0 rings (SSSR count). The summed E-state index contributed by atoms with van der Waals surface area (Å²) in [5.74, 6) is 0.